The summed E-state index contributed by atoms with van der Waals surface area (Å²) >= 11 is 3.47. The lowest BCUT2D eigenvalue weighted by atomic mass is 9.91. The molecule has 0 spiro atoms. The highest BCUT2D eigenvalue weighted by Crippen LogP contribution is 2.34. The lowest BCUT2D eigenvalue weighted by Crippen LogP contribution is -2.27. The average Bonchev–Trinajstić information content (AvgIpc) is 3.05. The molecule has 1 fully saturated rings. The van der Waals surface area contributed by atoms with E-state index >= 15 is 0 Å². The molecule has 0 aliphatic carbocycles. The quantitative estimate of drug-likeness (QED) is 0.849. The molecule has 2 aromatic heterocycles. The third-order valence-electron chi connectivity index (χ3n) is 3.94. The van der Waals surface area contributed by atoms with Gasteiger partial charge in [0.2, 0.25) is 5.89 Å². The van der Waals surface area contributed by atoms with Gasteiger partial charge in [-0.3, -0.25) is 0 Å². The summed E-state index contributed by atoms with van der Waals surface area (Å²) in [6.07, 6.45) is 5.12. The average molecular weight is 382 g/mol. The van der Waals surface area contributed by atoms with Crippen molar-refractivity contribution in [1.29, 1.82) is 0 Å². The molecule has 124 valence electrons. The minimum Gasteiger partial charge on any atom is -0.381 e. The van der Waals surface area contributed by atoms with Crippen molar-refractivity contribution < 1.29 is 9.26 Å². The number of hydrogen-bond acceptors (Lipinski definition) is 7. The molecule has 1 saturated heterocycles. The lowest BCUT2D eigenvalue weighted by Gasteiger charge is -2.29. The van der Waals surface area contributed by atoms with Crippen LogP contribution in [0.1, 0.15) is 50.4 Å². The SMILES string of the molecule is CC(C)c1noc(C(Nc2ncncc2Br)C2CCOCC2)n1. The summed E-state index contributed by atoms with van der Waals surface area (Å²) in [5.74, 6) is 2.63. The van der Waals surface area contributed by atoms with Crippen molar-refractivity contribution in [2.24, 2.45) is 5.92 Å². The second kappa shape index (κ2) is 7.35. The Kier molecular flexibility index (Phi) is 5.22. The summed E-state index contributed by atoms with van der Waals surface area (Å²) in [7, 11) is 0. The van der Waals surface area contributed by atoms with Crippen molar-refractivity contribution in [1.82, 2.24) is 20.1 Å². The smallest absolute Gasteiger partial charge is 0.249 e. The van der Waals surface area contributed by atoms with Gasteiger partial charge in [0.05, 0.1) is 4.47 Å². The summed E-state index contributed by atoms with van der Waals surface area (Å²) in [5, 5.41) is 7.53. The van der Waals surface area contributed by atoms with Gasteiger partial charge in [-0.25, -0.2) is 9.97 Å². The first-order valence-corrected chi connectivity index (χ1v) is 8.57. The van der Waals surface area contributed by atoms with Gasteiger partial charge in [-0.1, -0.05) is 19.0 Å². The maximum Gasteiger partial charge on any atom is 0.249 e. The van der Waals surface area contributed by atoms with Gasteiger partial charge in [0.1, 0.15) is 18.2 Å². The van der Waals surface area contributed by atoms with E-state index in [0.29, 0.717) is 11.8 Å². The summed E-state index contributed by atoms with van der Waals surface area (Å²) in [4.78, 5) is 12.9. The number of hydrogen-bond donors (Lipinski definition) is 1. The molecule has 0 amide bonds. The molecule has 3 rings (SSSR count). The lowest BCUT2D eigenvalue weighted by molar-refractivity contribution is 0.0570. The van der Waals surface area contributed by atoms with Crippen LogP contribution in [0.5, 0.6) is 0 Å². The zero-order chi connectivity index (χ0) is 16.2. The molecule has 0 saturated carbocycles. The van der Waals surface area contributed by atoms with Gasteiger partial charge in [-0.2, -0.15) is 4.98 Å². The minimum absolute atomic E-state index is 0.0925. The first-order chi connectivity index (χ1) is 11.1. The van der Waals surface area contributed by atoms with Crippen LogP contribution in [0.15, 0.2) is 21.5 Å². The molecule has 0 bridgehead atoms. The molecule has 23 heavy (non-hydrogen) atoms. The highest BCUT2D eigenvalue weighted by atomic mass is 79.9. The van der Waals surface area contributed by atoms with Crippen LogP contribution in [-0.4, -0.2) is 33.3 Å². The Morgan fingerprint density at radius 3 is 2.74 bits per heavy atom. The van der Waals surface area contributed by atoms with Crippen LogP contribution in [0.2, 0.25) is 0 Å². The van der Waals surface area contributed by atoms with Crippen molar-refractivity contribution in [2.45, 2.75) is 38.6 Å². The van der Waals surface area contributed by atoms with Gasteiger partial charge in [0, 0.05) is 25.3 Å². The van der Waals surface area contributed by atoms with Crippen molar-refractivity contribution in [2.75, 3.05) is 18.5 Å². The Bertz CT molecular complexity index is 642. The van der Waals surface area contributed by atoms with Crippen molar-refractivity contribution >= 4 is 21.7 Å². The second-order valence-electron chi connectivity index (χ2n) is 5.94. The molecule has 7 nitrogen and oxygen atoms in total. The Hall–Kier alpha value is -1.54. The second-order valence-corrected chi connectivity index (χ2v) is 6.79. The van der Waals surface area contributed by atoms with Crippen LogP contribution < -0.4 is 5.32 Å². The Morgan fingerprint density at radius 1 is 1.30 bits per heavy atom. The molecule has 2 aromatic rings. The summed E-state index contributed by atoms with van der Waals surface area (Å²) < 4.78 is 11.8. The van der Waals surface area contributed by atoms with Gasteiger partial charge in [0.25, 0.3) is 0 Å². The summed E-state index contributed by atoms with van der Waals surface area (Å²) in [6, 6.07) is -0.0925. The van der Waals surface area contributed by atoms with Crippen molar-refractivity contribution in [3.8, 4) is 0 Å². The Balaban J connectivity index is 1.87. The van der Waals surface area contributed by atoms with Crippen LogP contribution >= 0.6 is 15.9 Å². The molecule has 1 aliphatic rings. The topological polar surface area (TPSA) is 86.0 Å². The first kappa shape index (κ1) is 16.3. The van der Waals surface area contributed by atoms with Gasteiger partial charge in [-0.05, 0) is 34.7 Å². The largest absolute Gasteiger partial charge is 0.381 e. The van der Waals surface area contributed by atoms with E-state index in [0.717, 1.165) is 42.2 Å². The van der Waals surface area contributed by atoms with Gasteiger partial charge in [0.15, 0.2) is 5.82 Å². The standard InChI is InChI=1S/C15H20BrN5O2/c1-9(2)13-20-15(23-21-13)12(10-3-5-22-6-4-10)19-14-11(16)7-17-8-18-14/h7-10,12H,3-6H2,1-2H3,(H,17,18,19). The zero-order valence-corrected chi connectivity index (χ0v) is 14.8. The first-order valence-electron chi connectivity index (χ1n) is 7.78. The van der Waals surface area contributed by atoms with E-state index in [1.165, 1.54) is 6.33 Å². The van der Waals surface area contributed by atoms with E-state index in [4.69, 9.17) is 9.26 Å². The maximum absolute atomic E-state index is 5.53. The molecule has 0 radical (unpaired) electrons. The van der Waals surface area contributed by atoms with E-state index < -0.39 is 0 Å². The molecule has 1 atom stereocenters. The zero-order valence-electron chi connectivity index (χ0n) is 13.2. The molecule has 0 aromatic carbocycles. The number of anilines is 1. The van der Waals surface area contributed by atoms with E-state index in [2.05, 4.69) is 41.4 Å². The third kappa shape index (κ3) is 3.87. The fraction of sp³-hybridized carbons (Fsp3) is 0.600. The molecule has 1 aliphatic heterocycles. The maximum atomic E-state index is 5.53. The van der Waals surface area contributed by atoms with Crippen LogP contribution in [0.3, 0.4) is 0 Å². The number of nitrogens with zero attached hydrogens (tertiary/aromatic N) is 4. The molecular weight excluding hydrogens is 362 g/mol. The van der Waals surface area contributed by atoms with E-state index in [9.17, 15) is 0 Å². The minimum atomic E-state index is -0.0925. The molecule has 3 heterocycles. The number of ether oxygens (including phenoxy) is 1. The molecule has 8 heteroatoms. The summed E-state index contributed by atoms with van der Waals surface area (Å²) in [5.41, 5.74) is 0. The fourth-order valence-electron chi connectivity index (χ4n) is 2.60. The van der Waals surface area contributed by atoms with Crippen LogP contribution in [0.4, 0.5) is 5.82 Å². The van der Waals surface area contributed by atoms with Crippen LogP contribution in [0, 0.1) is 5.92 Å². The normalized spacial score (nSPS) is 17.4. The van der Waals surface area contributed by atoms with E-state index in [1.807, 2.05) is 13.8 Å². The summed E-state index contributed by atoms with van der Waals surface area (Å²) in [6.45, 7) is 5.59. The third-order valence-corrected chi connectivity index (χ3v) is 4.52. The van der Waals surface area contributed by atoms with Crippen molar-refractivity contribution in [3.63, 3.8) is 0 Å². The number of aromatic nitrogens is 4. The van der Waals surface area contributed by atoms with E-state index in [1.54, 1.807) is 6.20 Å². The number of rotatable bonds is 5. The van der Waals surface area contributed by atoms with Gasteiger partial charge < -0.3 is 14.6 Å². The predicted octanol–water partition coefficient (Wildman–Crippen LogP) is 3.33. The number of nitrogens with one attached hydrogen (secondary N) is 1. The van der Waals surface area contributed by atoms with E-state index in [-0.39, 0.29) is 12.0 Å². The van der Waals surface area contributed by atoms with Gasteiger partial charge in [-0.15, -0.1) is 0 Å². The molecule has 1 unspecified atom stereocenters. The Morgan fingerprint density at radius 2 is 2.09 bits per heavy atom. The number of halogens is 1. The Labute approximate surface area is 143 Å². The predicted molar refractivity (Wildman–Crippen MR) is 88.0 cm³/mol. The molecule has 1 N–H and O–H groups in total. The monoisotopic (exact) mass is 381 g/mol. The van der Waals surface area contributed by atoms with Gasteiger partial charge >= 0.3 is 0 Å². The fourth-order valence-corrected chi connectivity index (χ4v) is 2.94. The van der Waals surface area contributed by atoms with Crippen LogP contribution in [0.25, 0.3) is 0 Å². The van der Waals surface area contributed by atoms with Crippen LogP contribution in [-0.2, 0) is 4.74 Å². The molecular formula is C15H20BrN5O2. The highest BCUT2D eigenvalue weighted by Gasteiger charge is 2.31. The van der Waals surface area contributed by atoms with Crippen molar-refractivity contribution in [3.05, 3.63) is 28.7 Å². The highest BCUT2D eigenvalue weighted by molar-refractivity contribution is 9.10.